The second kappa shape index (κ2) is 6.78. The van der Waals surface area contributed by atoms with E-state index >= 15 is 0 Å². The van der Waals surface area contributed by atoms with Crippen molar-refractivity contribution in [2.24, 2.45) is 0 Å². The SMILES string of the molecule is CCN(CCC(=O)OC)C(=O)c1cccc2nccnc12. The number of carbonyl (C=O) groups excluding carboxylic acids is 2. The van der Waals surface area contributed by atoms with Gasteiger partial charge in [-0.25, -0.2) is 0 Å². The molecular formula is C15H17N3O3. The normalized spacial score (nSPS) is 10.4. The highest BCUT2D eigenvalue weighted by Crippen LogP contribution is 2.16. The summed E-state index contributed by atoms with van der Waals surface area (Å²) >= 11 is 0. The molecule has 21 heavy (non-hydrogen) atoms. The van der Waals surface area contributed by atoms with Crippen LogP contribution in [-0.2, 0) is 9.53 Å². The highest BCUT2D eigenvalue weighted by Gasteiger charge is 2.18. The minimum Gasteiger partial charge on any atom is -0.469 e. The van der Waals surface area contributed by atoms with Crippen LogP contribution >= 0.6 is 0 Å². The Kier molecular flexibility index (Phi) is 4.81. The Bertz CT molecular complexity index is 652. The summed E-state index contributed by atoms with van der Waals surface area (Å²) in [6.45, 7) is 2.69. The third-order valence-corrected chi connectivity index (χ3v) is 3.21. The number of carbonyl (C=O) groups is 2. The minimum atomic E-state index is -0.334. The molecule has 6 heteroatoms. The van der Waals surface area contributed by atoms with Gasteiger partial charge in [-0.2, -0.15) is 0 Å². The van der Waals surface area contributed by atoms with Crippen molar-refractivity contribution in [2.45, 2.75) is 13.3 Å². The number of esters is 1. The highest BCUT2D eigenvalue weighted by molar-refractivity contribution is 6.04. The molecule has 1 heterocycles. The Balaban J connectivity index is 2.25. The molecule has 1 aromatic carbocycles. The molecule has 0 aliphatic heterocycles. The van der Waals surface area contributed by atoms with Crippen molar-refractivity contribution < 1.29 is 14.3 Å². The van der Waals surface area contributed by atoms with Crippen molar-refractivity contribution in [3.63, 3.8) is 0 Å². The van der Waals surface area contributed by atoms with Crippen molar-refractivity contribution in [2.75, 3.05) is 20.2 Å². The monoisotopic (exact) mass is 287 g/mol. The fraction of sp³-hybridized carbons (Fsp3) is 0.333. The lowest BCUT2D eigenvalue weighted by Gasteiger charge is -2.20. The first-order valence-corrected chi connectivity index (χ1v) is 6.73. The fourth-order valence-electron chi connectivity index (χ4n) is 2.07. The van der Waals surface area contributed by atoms with Gasteiger partial charge >= 0.3 is 5.97 Å². The number of methoxy groups -OCH3 is 1. The first-order valence-electron chi connectivity index (χ1n) is 6.73. The number of para-hydroxylation sites is 1. The molecule has 6 nitrogen and oxygen atoms in total. The summed E-state index contributed by atoms with van der Waals surface area (Å²) in [6, 6.07) is 5.31. The number of hydrogen-bond donors (Lipinski definition) is 0. The van der Waals surface area contributed by atoms with E-state index in [9.17, 15) is 9.59 Å². The summed E-state index contributed by atoms with van der Waals surface area (Å²) in [5, 5.41) is 0. The topological polar surface area (TPSA) is 72.4 Å². The van der Waals surface area contributed by atoms with Crippen molar-refractivity contribution in [1.29, 1.82) is 0 Å². The van der Waals surface area contributed by atoms with Gasteiger partial charge in [0.1, 0.15) is 5.52 Å². The van der Waals surface area contributed by atoms with Gasteiger partial charge in [0.05, 0.1) is 24.6 Å². The number of fused-ring (bicyclic) bond motifs is 1. The van der Waals surface area contributed by atoms with Gasteiger partial charge in [-0.3, -0.25) is 19.6 Å². The van der Waals surface area contributed by atoms with E-state index in [1.54, 1.807) is 29.4 Å². The lowest BCUT2D eigenvalue weighted by atomic mass is 10.1. The van der Waals surface area contributed by atoms with Crippen molar-refractivity contribution in [1.82, 2.24) is 14.9 Å². The van der Waals surface area contributed by atoms with Crippen molar-refractivity contribution in [3.05, 3.63) is 36.2 Å². The van der Waals surface area contributed by atoms with Gasteiger partial charge in [-0.05, 0) is 19.1 Å². The highest BCUT2D eigenvalue weighted by atomic mass is 16.5. The van der Waals surface area contributed by atoms with E-state index in [2.05, 4.69) is 14.7 Å². The van der Waals surface area contributed by atoms with Crippen LogP contribution < -0.4 is 0 Å². The molecule has 0 bridgehead atoms. The smallest absolute Gasteiger partial charge is 0.307 e. The number of rotatable bonds is 5. The standard InChI is InChI=1S/C15H17N3O3/c1-3-18(10-7-13(19)21-2)15(20)11-5-4-6-12-14(11)17-9-8-16-12/h4-6,8-9H,3,7,10H2,1-2H3. The van der Waals surface area contributed by atoms with Crippen LogP contribution in [-0.4, -0.2) is 46.9 Å². The predicted octanol–water partition coefficient (Wildman–Crippen LogP) is 1.65. The van der Waals surface area contributed by atoms with Crippen LogP contribution in [0.3, 0.4) is 0 Å². The van der Waals surface area contributed by atoms with E-state index in [0.717, 1.165) is 0 Å². The fourth-order valence-corrected chi connectivity index (χ4v) is 2.07. The molecule has 110 valence electrons. The first-order chi connectivity index (χ1) is 10.2. The second-order valence-corrected chi connectivity index (χ2v) is 4.44. The Morgan fingerprint density at radius 2 is 2.00 bits per heavy atom. The molecule has 0 atom stereocenters. The number of benzene rings is 1. The Hall–Kier alpha value is -2.50. The van der Waals surface area contributed by atoms with Gasteiger partial charge in [0.15, 0.2) is 0 Å². The molecule has 1 amide bonds. The largest absolute Gasteiger partial charge is 0.469 e. The molecule has 0 unspecified atom stereocenters. The molecule has 0 aliphatic rings. The van der Waals surface area contributed by atoms with Crippen LogP contribution in [0.15, 0.2) is 30.6 Å². The number of nitrogens with zero attached hydrogens (tertiary/aromatic N) is 3. The summed E-state index contributed by atoms with van der Waals surface area (Å²) in [7, 11) is 1.33. The van der Waals surface area contributed by atoms with E-state index in [1.165, 1.54) is 7.11 Å². The van der Waals surface area contributed by atoms with E-state index in [0.29, 0.717) is 29.7 Å². The van der Waals surface area contributed by atoms with Crippen LogP contribution in [0.2, 0.25) is 0 Å². The summed E-state index contributed by atoms with van der Waals surface area (Å²) in [4.78, 5) is 33.8. The maximum atomic E-state index is 12.6. The van der Waals surface area contributed by atoms with Gasteiger partial charge < -0.3 is 9.64 Å². The lowest BCUT2D eigenvalue weighted by molar-refractivity contribution is -0.140. The molecular weight excluding hydrogens is 270 g/mol. The van der Waals surface area contributed by atoms with Crippen LogP contribution in [0.25, 0.3) is 11.0 Å². The Morgan fingerprint density at radius 3 is 2.71 bits per heavy atom. The second-order valence-electron chi connectivity index (χ2n) is 4.44. The Labute approximate surface area is 122 Å². The van der Waals surface area contributed by atoms with Gasteiger partial charge in [-0.1, -0.05) is 6.07 Å². The van der Waals surface area contributed by atoms with Crippen LogP contribution in [0.1, 0.15) is 23.7 Å². The van der Waals surface area contributed by atoms with E-state index in [4.69, 9.17) is 0 Å². The van der Waals surface area contributed by atoms with Crippen molar-refractivity contribution in [3.8, 4) is 0 Å². The molecule has 0 spiro atoms. The molecule has 0 saturated heterocycles. The molecule has 0 aliphatic carbocycles. The van der Waals surface area contributed by atoms with Gasteiger partial charge in [0, 0.05) is 25.5 Å². The van der Waals surface area contributed by atoms with Crippen LogP contribution in [0.5, 0.6) is 0 Å². The van der Waals surface area contributed by atoms with E-state index < -0.39 is 0 Å². The molecule has 0 radical (unpaired) electrons. The predicted molar refractivity (Wildman–Crippen MR) is 77.7 cm³/mol. The van der Waals surface area contributed by atoms with E-state index in [1.807, 2.05) is 13.0 Å². The number of hydrogen-bond acceptors (Lipinski definition) is 5. The average molecular weight is 287 g/mol. The lowest BCUT2D eigenvalue weighted by Crippen LogP contribution is -2.33. The van der Waals surface area contributed by atoms with Gasteiger partial charge in [0.25, 0.3) is 5.91 Å². The number of ether oxygens (including phenoxy) is 1. The average Bonchev–Trinajstić information content (AvgIpc) is 2.54. The summed E-state index contributed by atoms with van der Waals surface area (Å²) in [6.07, 6.45) is 3.32. The zero-order valence-electron chi connectivity index (χ0n) is 12.1. The molecule has 2 aromatic rings. The minimum absolute atomic E-state index is 0.160. The molecule has 2 rings (SSSR count). The third-order valence-electron chi connectivity index (χ3n) is 3.21. The van der Waals surface area contributed by atoms with Crippen molar-refractivity contribution >= 4 is 22.9 Å². The quantitative estimate of drug-likeness (QED) is 0.782. The van der Waals surface area contributed by atoms with Gasteiger partial charge in [0.2, 0.25) is 0 Å². The number of aromatic nitrogens is 2. The maximum Gasteiger partial charge on any atom is 0.307 e. The zero-order chi connectivity index (χ0) is 15.2. The Morgan fingerprint density at radius 1 is 1.24 bits per heavy atom. The molecule has 0 saturated carbocycles. The van der Waals surface area contributed by atoms with Crippen LogP contribution in [0.4, 0.5) is 0 Å². The molecule has 0 fully saturated rings. The summed E-state index contributed by atoms with van der Waals surface area (Å²) in [5.41, 5.74) is 1.74. The zero-order valence-corrected chi connectivity index (χ0v) is 12.1. The molecule has 1 aromatic heterocycles. The number of amides is 1. The molecule has 0 N–H and O–H groups in total. The van der Waals surface area contributed by atoms with E-state index in [-0.39, 0.29) is 18.3 Å². The summed E-state index contributed by atoms with van der Waals surface area (Å²) < 4.78 is 4.60. The third kappa shape index (κ3) is 3.34. The van der Waals surface area contributed by atoms with Crippen LogP contribution in [0, 0.1) is 0 Å². The summed E-state index contributed by atoms with van der Waals surface area (Å²) in [5.74, 6) is -0.494. The first kappa shape index (κ1) is 14.9. The van der Waals surface area contributed by atoms with Gasteiger partial charge in [-0.15, -0.1) is 0 Å². The maximum absolute atomic E-state index is 12.6.